The minimum absolute atomic E-state index is 0.0975. The summed E-state index contributed by atoms with van der Waals surface area (Å²) in [5, 5.41) is 6.06. The summed E-state index contributed by atoms with van der Waals surface area (Å²) in [5.41, 5.74) is 0. The van der Waals surface area contributed by atoms with Gasteiger partial charge in [0, 0.05) is 19.1 Å². The van der Waals surface area contributed by atoms with E-state index in [1.54, 1.807) is 6.26 Å². The first kappa shape index (κ1) is 13.1. The molecule has 18 heavy (non-hydrogen) atoms. The van der Waals surface area contributed by atoms with E-state index in [0.29, 0.717) is 19.1 Å². The van der Waals surface area contributed by atoms with Gasteiger partial charge in [-0.15, -0.1) is 0 Å². The molecule has 0 spiro atoms. The van der Waals surface area contributed by atoms with Gasteiger partial charge in [-0.1, -0.05) is 0 Å². The molecule has 0 aliphatic carbocycles. The van der Waals surface area contributed by atoms with Crippen LogP contribution in [0.3, 0.4) is 0 Å². The first-order valence-corrected chi connectivity index (χ1v) is 6.43. The molecule has 1 amide bonds. The van der Waals surface area contributed by atoms with Crippen molar-refractivity contribution in [1.82, 2.24) is 15.5 Å². The number of carbonyl (C=O) groups excluding carboxylic acids is 1. The second-order valence-electron chi connectivity index (χ2n) is 4.75. The second kappa shape index (κ2) is 6.02. The van der Waals surface area contributed by atoms with E-state index in [-0.39, 0.29) is 11.9 Å². The minimum Gasteiger partial charge on any atom is -0.468 e. The maximum atomic E-state index is 12.1. The number of likely N-dealkylation sites (N-methyl/N-ethyl adjacent to an activating group) is 1. The van der Waals surface area contributed by atoms with Gasteiger partial charge in [-0.05, 0) is 32.5 Å². The monoisotopic (exact) mass is 251 g/mol. The van der Waals surface area contributed by atoms with Crippen molar-refractivity contribution >= 4 is 5.91 Å². The van der Waals surface area contributed by atoms with Crippen LogP contribution in [0.15, 0.2) is 22.8 Å². The van der Waals surface area contributed by atoms with Gasteiger partial charge in [0.1, 0.15) is 11.8 Å². The SMILES string of the molecule is CNCC1C(=O)NCCC(C)N1Cc1ccco1. The third-order valence-corrected chi connectivity index (χ3v) is 3.45. The van der Waals surface area contributed by atoms with Crippen LogP contribution in [0, 0.1) is 0 Å². The molecule has 0 aromatic carbocycles. The van der Waals surface area contributed by atoms with Crippen LogP contribution in [0.1, 0.15) is 19.1 Å². The maximum absolute atomic E-state index is 12.1. The molecule has 1 aliphatic rings. The van der Waals surface area contributed by atoms with Gasteiger partial charge >= 0.3 is 0 Å². The lowest BCUT2D eigenvalue weighted by Gasteiger charge is -2.32. The van der Waals surface area contributed by atoms with Gasteiger partial charge in [0.25, 0.3) is 0 Å². The molecule has 1 aromatic heterocycles. The zero-order chi connectivity index (χ0) is 13.0. The highest BCUT2D eigenvalue weighted by Gasteiger charge is 2.31. The van der Waals surface area contributed by atoms with E-state index >= 15 is 0 Å². The molecule has 5 nitrogen and oxygen atoms in total. The number of nitrogens with one attached hydrogen (secondary N) is 2. The summed E-state index contributed by atoms with van der Waals surface area (Å²) in [7, 11) is 1.87. The molecule has 1 aromatic rings. The van der Waals surface area contributed by atoms with E-state index in [0.717, 1.165) is 18.7 Å². The Balaban J connectivity index is 2.15. The van der Waals surface area contributed by atoms with Crippen LogP contribution < -0.4 is 10.6 Å². The van der Waals surface area contributed by atoms with Crippen LogP contribution in [-0.4, -0.2) is 43.0 Å². The Kier molecular flexibility index (Phi) is 4.38. The van der Waals surface area contributed by atoms with Gasteiger partial charge in [0.15, 0.2) is 0 Å². The lowest BCUT2D eigenvalue weighted by atomic mass is 10.1. The van der Waals surface area contributed by atoms with E-state index in [4.69, 9.17) is 4.42 Å². The largest absolute Gasteiger partial charge is 0.468 e. The molecule has 1 aliphatic heterocycles. The molecule has 2 N–H and O–H groups in total. The van der Waals surface area contributed by atoms with Crippen LogP contribution in [0.5, 0.6) is 0 Å². The summed E-state index contributed by atoms with van der Waals surface area (Å²) in [6, 6.07) is 4.04. The fraction of sp³-hybridized carbons (Fsp3) is 0.615. The molecular weight excluding hydrogens is 230 g/mol. The highest BCUT2D eigenvalue weighted by Crippen LogP contribution is 2.17. The standard InChI is InChI=1S/C13H21N3O2/c1-10-5-6-15-13(17)12(8-14-2)16(10)9-11-4-3-7-18-11/h3-4,7,10,12,14H,5-6,8-9H2,1-2H3,(H,15,17). The van der Waals surface area contributed by atoms with Crippen molar-refractivity contribution < 1.29 is 9.21 Å². The molecule has 100 valence electrons. The predicted molar refractivity (Wildman–Crippen MR) is 69.1 cm³/mol. The Morgan fingerprint density at radius 1 is 1.61 bits per heavy atom. The first-order chi connectivity index (χ1) is 8.72. The third-order valence-electron chi connectivity index (χ3n) is 3.45. The molecule has 2 rings (SSSR count). The quantitative estimate of drug-likeness (QED) is 0.822. The molecular formula is C13H21N3O2. The topological polar surface area (TPSA) is 57.5 Å². The van der Waals surface area contributed by atoms with E-state index in [1.165, 1.54) is 0 Å². The zero-order valence-electron chi connectivity index (χ0n) is 11.0. The fourth-order valence-electron chi connectivity index (χ4n) is 2.40. The Morgan fingerprint density at radius 2 is 2.44 bits per heavy atom. The van der Waals surface area contributed by atoms with Gasteiger partial charge in [-0.25, -0.2) is 0 Å². The first-order valence-electron chi connectivity index (χ1n) is 6.43. The Bertz CT molecular complexity index is 378. The average molecular weight is 251 g/mol. The molecule has 0 saturated carbocycles. The van der Waals surface area contributed by atoms with Gasteiger partial charge in [-0.3, -0.25) is 9.69 Å². The van der Waals surface area contributed by atoms with Crippen molar-refractivity contribution in [2.75, 3.05) is 20.1 Å². The third kappa shape index (κ3) is 2.91. The van der Waals surface area contributed by atoms with Crippen LogP contribution in [0.25, 0.3) is 0 Å². The van der Waals surface area contributed by atoms with E-state index in [9.17, 15) is 4.79 Å². The lowest BCUT2D eigenvalue weighted by molar-refractivity contribution is -0.126. The van der Waals surface area contributed by atoms with Gasteiger partial charge < -0.3 is 15.1 Å². The van der Waals surface area contributed by atoms with Crippen LogP contribution >= 0.6 is 0 Å². The van der Waals surface area contributed by atoms with Crippen molar-refractivity contribution in [1.29, 1.82) is 0 Å². The summed E-state index contributed by atoms with van der Waals surface area (Å²) in [4.78, 5) is 14.3. The number of nitrogens with zero attached hydrogens (tertiary/aromatic N) is 1. The second-order valence-corrected chi connectivity index (χ2v) is 4.75. The Morgan fingerprint density at radius 3 is 3.11 bits per heavy atom. The molecule has 5 heteroatoms. The number of hydrogen-bond donors (Lipinski definition) is 2. The van der Waals surface area contributed by atoms with Gasteiger partial charge in [-0.2, -0.15) is 0 Å². The Labute approximate surface area is 108 Å². The summed E-state index contributed by atoms with van der Waals surface area (Å²) in [6.07, 6.45) is 2.64. The predicted octanol–water partition coefficient (Wildman–Crippen LogP) is 0.578. The smallest absolute Gasteiger partial charge is 0.238 e. The molecule has 2 unspecified atom stereocenters. The summed E-state index contributed by atoms with van der Waals surface area (Å²) >= 11 is 0. The summed E-state index contributed by atoms with van der Waals surface area (Å²) < 4.78 is 5.39. The van der Waals surface area contributed by atoms with E-state index < -0.39 is 0 Å². The van der Waals surface area contributed by atoms with Crippen LogP contribution in [0.4, 0.5) is 0 Å². The minimum atomic E-state index is -0.141. The number of carbonyl (C=O) groups is 1. The van der Waals surface area contributed by atoms with Crippen LogP contribution in [-0.2, 0) is 11.3 Å². The highest BCUT2D eigenvalue weighted by molar-refractivity contribution is 5.82. The number of amides is 1. The van der Waals surface area contributed by atoms with Gasteiger partial charge in [0.2, 0.25) is 5.91 Å². The van der Waals surface area contributed by atoms with Crippen molar-refractivity contribution in [3.8, 4) is 0 Å². The van der Waals surface area contributed by atoms with E-state index in [1.807, 2.05) is 19.2 Å². The zero-order valence-corrected chi connectivity index (χ0v) is 11.0. The van der Waals surface area contributed by atoms with Crippen molar-refractivity contribution in [2.45, 2.75) is 32.0 Å². The maximum Gasteiger partial charge on any atom is 0.238 e. The summed E-state index contributed by atoms with van der Waals surface area (Å²) in [5.74, 6) is 0.998. The number of rotatable bonds is 4. The molecule has 2 atom stereocenters. The van der Waals surface area contributed by atoms with E-state index in [2.05, 4.69) is 22.5 Å². The average Bonchev–Trinajstić information content (AvgIpc) is 2.81. The van der Waals surface area contributed by atoms with Crippen LogP contribution in [0.2, 0.25) is 0 Å². The molecule has 1 saturated heterocycles. The van der Waals surface area contributed by atoms with Gasteiger partial charge in [0.05, 0.1) is 12.8 Å². The fourth-order valence-corrected chi connectivity index (χ4v) is 2.40. The summed E-state index contributed by atoms with van der Waals surface area (Å²) in [6.45, 7) is 4.23. The molecule has 2 heterocycles. The highest BCUT2D eigenvalue weighted by atomic mass is 16.3. The number of hydrogen-bond acceptors (Lipinski definition) is 4. The lowest BCUT2D eigenvalue weighted by Crippen LogP contribution is -2.51. The molecule has 0 radical (unpaired) electrons. The van der Waals surface area contributed by atoms with Crippen molar-refractivity contribution in [3.05, 3.63) is 24.2 Å². The number of furan rings is 1. The molecule has 1 fully saturated rings. The normalized spacial score (nSPS) is 25.8. The van der Waals surface area contributed by atoms with Crippen molar-refractivity contribution in [3.63, 3.8) is 0 Å². The molecule has 0 bridgehead atoms. The Hall–Kier alpha value is -1.33. The van der Waals surface area contributed by atoms with Crippen molar-refractivity contribution in [2.24, 2.45) is 0 Å².